The lowest BCUT2D eigenvalue weighted by atomic mass is 10.1. The number of halogens is 3. The van der Waals surface area contributed by atoms with E-state index < -0.39 is 11.7 Å². The third kappa shape index (κ3) is 3.13. The zero-order valence-electron chi connectivity index (χ0n) is 7.75. The van der Waals surface area contributed by atoms with Crippen molar-refractivity contribution in [1.29, 1.82) is 5.26 Å². The summed E-state index contributed by atoms with van der Waals surface area (Å²) in [5.74, 6) is 0. The minimum Gasteiger partial charge on any atom is -0.198 e. The van der Waals surface area contributed by atoms with Crippen LogP contribution in [0, 0.1) is 11.3 Å². The zero-order valence-corrected chi connectivity index (χ0v) is 7.75. The second kappa shape index (κ2) is 4.65. The number of rotatable bonds is 2. The second-order valence-electron chi connectivity index (χ2n) is 2.85. The standard InChI is InChI=1S/C11H8F3N/c12-11(13,14)10-7-2-1-5-9(10)6-3-4-8-15/h1-3,5-7H,4H2. The number of nitrogens with zero attached hydrogens (tertiary/aromatic N) is 1. The normalized spacial score (nSPS) is 11.6. The van der Waals surface area contributed by atoms with Crippen LogP contribution in [0.15, 0.2) is 30.3 Å². The Balaban J connectivity index is 3.03. The highest BCUT2D eigenvalue weighted by atomic mass is 19.4. The van der Waals surface area contributed by atoms with Crippen LogP contribution in [-0.2, 0) is 6.18 Å². The summed E-state index contributed by atoms with van der Waals surface area (Å²) in [7, 11) is 0. The van der Waals surface area contributed by atoms with Crippen molar-refractivity contribution in [3.05, 3.63) is 41.5 Å². The molecule has 4 heteroatoms. The minimum absolute atomic E-state index is 0.0836. The van der Waals surface area contributed by atoms with Crippen LogP contribution in [0.2, 0.25) is 0 Å². The molecule has 0 amide bonds. The Labute approximate surface area is 85.5 Å². The average molecular weight is 211 g/mol. The van der Waals surface area contributed by atoms with Gasteiger partial charge in [-0.3, -0.25) is 0 Å². The van der Waals surface area contributed by atoms with Gasteiger partial charge in [-0.05, 0) is 11.6 Å². The van der Waals surface area contributed by atoms with Crippen molar-refractivity contribution in [1.82, 2.24) is 0 Å². The largest absolute Gasteiger partial charge is 0.416 e. The van der Waals surface area contributed by atoms with Crippen LogP contribution < -0.4 is 0 Å². The van der Waals surface area contributed by atoms with Crippen LogP contribution in [0.1, 0.15) is 17.5 Å². The number of allylic oxidation sites excluding steroid dienone is 1. The van der Waals surface area contributed by atoms with Crippen molar-refractivity contribution in [2.45, 2.75) is 12.6 Å². The third-order valence-corrected chi connectivity index (χ3v) is 1.77. The van der Waals surface area contributed by atoms with E-state index in [4.69, 9.17) is 5.26 Å². The van der Waals surface area contributed by atoms with E-state index in [1.54, 1.807) is 0 Å². The summed E-state index contributed by atoms with van der Waals surface area (Å²) in [6, 6.07) is 7.09. The van der Waals surface area contributed by atoms with Gasteiger partial charge in [-0.1, -0.05) is 30.4 Å². The molecule has 0 aliphatic heterocycles. The highest BCUT2D eigenvalue weighted by Crippen LogP contribution is 2.32. The molecular weight excluding hydrogens is 203 g/mol. The molecule has 78 valence electrons. The lowest BCUT2D eigenvalue weighted by Crippen LogP contribution is -2.06. The first-order valence-electron chi connectivity index (χ1n) is 4.25. The quantitative estimate of drug-likeness (QED) is 0.732. The van der Waals surface area contributed by atoms with E-state index in [-0.39, 0.29) is 12.0 Å². The lowest BCUT2D eigenvalue weighted by Gasteiger charge is -2.09. The minimum atomic E-state index is -4.35. The molecule has 0 aliphatic rings. The molecule has 1 aromatic carbocycles. The molecular formula is C11H8F3N. The van der Waals surface area contributed by atoms with Gasteiger partial charge in [0.1, 0.15) is 0 Å². The Morgan fingerprint density at radius 1 is 1.27 bits per heavy atom. The first kappa shape index (κ1) is 11.3. The van der Waals surface area contributed by atoms with Crippen LogP contribution in [0.25, 0.3) is 6.08 Å². The summed E-state index contributed by atoms with van der Waals surface area (Å²) in [4.78, 5) is 0. The highest BCUT2D eigenvalue weighted by Gasteiger charge is 2.32. The van der Waals surface area contributed by atoms with Gasteiger partial charge in [0, 0.05) is 0 Å². The predicted molar refractivity (Wildman–Crippen MR) is 50.7 cm³/mol. The molecule has 0 bridgehead atoms. The van der Waals surface area contributed by atoms with E-state index in [1.165, 1.54) is 30.4 Å². The number of nitriles is 1. The van der Waals surface area contributed by atoms with Gasteiger partial charge in [0.15, 0.2) is 0 Å². The molecule has 0 fully saturated rings. The Morgan fingerprint density at radius 3 is 2.53 bits per heavy atom. The molecule has 0 unspecified atom stereocenters. The van der Waals surface area contributed by atoms with Crippen molar-refractivity contribution >= 4 is 6.08 Å². The van der Waals surface area contributed by atoms with Crippen LogP contribution in [-0.4, -0.2) is 0 Å². The molecule has 15 heavy (non-hydrogen) atoms. The van der Waals surface area contributed by atoms with E-state index in [2.05, 4.69) is 0 Å². The van der Waals surface area contributed by atoms with Crippen LogP contribution in [0.5, 0.6) is 0 Å². The molecule has 0 saturated heterocycles. The first-order valence-corrected chi connectivity index (χ1v) is 4.25. The first-order chi connectivity index (χ1) is 7.05. The summed E-state index contributed by atoms with van der Waals surface area (Å²) in [6.07, 6.45) is -1.53. The molecule has 0 N–H and O–H groups in total. The van der Waals surface area contributed by atoms with Gasteiger partial charge >= 0.3 is 6.18 Å². The number of benzene rings is 1. The van der Waals surface area contributed by atoms with Gasteiger partial charge in [-0.2, -0.15) is 18.4 Å². The molecule has 1 nitrogen and oxygen atoms in total. The number of hydrogen-bond acceptors (Lipinski definition) is 1. The molecule has 0 aliphatic carbocycles. The van der Waals surface area contributed by atoms with E-state index in [9.17, 15) is 13.2 Å². The fourth-order valence-electron chi connectivity index (χ4n) is 1.14. The van der Waals surface area contributed by atoms with Crippen molar-refractivity contribution in [2.24, 2.45) is 0 Å². The molecule has 0 radical (unpaired) electrons. The van der Waals surface area contributed by atoms with Gasteiger partial charge < -0.3 is 0 Å². The van der Waals surface area contributed by atoms with E-state index in [0.29, 0.717) is 0 Å². The summed E-state index contributed by atoms with van der Waals surface area (Å²) in [5, 5.41) is 8.25. The van der Waals surface area contributed by atoms with Gasteiger partial charge in [-0.25, -0.2) is 0 Å². The highest BCUT2D eigenvalue weighted by molar-refractivity contribution is 5.54. The Kier molecular flexibility index (Phi) is 3.51. The third-order valence-electron chi connectivity index (χ3n) is 1.77. The molecule has 1 aromatic rings. The predicted octanol–water partition coefficient (Wildman–Crippen LogP) is 3.63. The topological polar surface area (TPSA) is 23.8 Å². The van der Waals surface area contributed by atoms with Gasteiger partial charge in [0.2, 0.25) is 0 Å². The molecule has 0 heterocycles. The van der Waals surface area contributed by atoms with Gasteiger partial charge in [-0.15, -0.1) is 0 Å². The fraction of sp³-hybridized carbons (Fsp3) is 0.182. The number of alkyl halides is 3. The zero-order chi connectivity index (χ0) is 11.3. The molecule has 0 saturated carbocycles. The molecule has 0 aromatic heterocycles. The lowest BCUT2D eigenvalue weighted by molar-refractivity contribution is -0.137. The Hall–Kier alpha value is -1.76. The van der Waals surface area contributed by atoms with Crippen molar-refractivity contribution < 1.29 is 13.2 Å². The monoisotopic (exact) mass is 211 g/mol. The summed E-state index contributed by atoms with van der Waals surface area (Å²) in [6.45, 7) is 0. The summed E-state index contributed by atoms with van der Waals surface area (Å²) >= 11 is 0. The SMILES string of the molecule is N#CCC=Cc1ccccc1C(F)(F)F. The Bertz CT molecular complexity index is 399. The van der Waals surface area contributed by atoms with Crippen LogP contribution in [0.3, 0.4) is 0 Å². The van der Waals surface area contributed by atoms with Crippen molar-refractivity contribution in [3.8, 4) is 6.07 Å². The van der Waals surface area contributed by atoms with E-state index >= 15 is 0 Å². The van der Waals surface area contributed by atoms with Crippen molar-refractivity contribution in [2.75, 3.05) is 0 Å². The summed E-state index contributed by atoms with van der Waals surface area (Å²) in [5.41, 5.74) is -0.598. The van der Waals surface area contributed by atoms with Crippen molar-refractivity contribution in [3.63, 3.8) is 0 Å². The maximum Gasteiger partial charge on any atom is 0.416 e. The van der Waals surface area contributed by atoms with Crippen LogP contribution >= 0.6 is 0 Å². The molecule has 1 rings (SSSR count). The van der Waals surface area contributed by atoms with E-state index in [0.717, 1.165) is 6.07 Å². The average Bonchev–Trinajstić information content (AvgIpc) is 2.17. The Morgan fingerprint density at radius 2 is 1.93 bits per heavy atom. The van der Waals surface area contributed by atoms with Crippen LogP contribution in [0.4, 0.5) is 13.2 Å². The smallest absolute Gasteiger partial charge is 0.198 e. The fourth-order valence-corrected chi connectivity index (χ4v) is 1.14. The molecule has 0 atom stereocenters. The maximum absolute atomic E-state index is 12.5. The summed E-state index contributed by atoms with van der Waals surface area (Å²) < 4.78 is 37.4. The van der Waals surface area contributed by atoms with E-state index in [1.807, 2.05) is 6.07 Å². The van der Waals surface area contributed by atoms with Gasteiger partial charge in [0.05, 0.1) is 18.1 Å². The number of hydrogen-bond donors (Lipinski definition) is 0. The second-order valence-corrected chi connectivity index (χ2v) is 2.85. The molecule has 0 spiro atoms. The van der Waals surface area contributed by atoms with Gasteiger partial charge in [0.25, 0.3) is 0 Å². The maximum atomic E-state index is 12.5.